The van der Waals surface area contributed by atoms with Crippen molar-refractivity contribution in [2.24, 2.45) is 0 Å². The van der Waals surface area contributed by atoms with Crippen LogP contribution in [0.2, 0.25) is 0 Å². The Balaban J connectivity index is 1.54. The molecule has 1 aromatic heterocycles. The minimum absolute atomic E-state index is 0.0678. The molecule has 5 aromatic carbocycles. The van der Waals surface area contributed by atoms with Crippen molar-refractivity contribution in [3.63, 3.8) is 0 Å². The third-order valence-corrected chi connectivity index (χ3v) is 7.95. The van der Waals surface area contributed by atoms with Gasteiger partial charge in [-0.05, 0) is 68.6 Å². The van der Waals surface area contributed by atoms with E-state index < -0.39 is 0 Å². The number of thiophene rings is 1. The van der Waals surface area contributed by atoms with E-state index in [0.717, 1.165) is 0 Å². The van der Waals surface area contributed by atoms with Crippen molar-refractivity contribution in [3.05, 3.63) is 121 Å². The number of hydrogen-bond acceptors (Lipinski definition) is 1. The first-order chi connectivity index (χ1) is 17.0. The third kappa shape index (κ3) is 4.07. The van der Waals surface area contributed by atoms with Crippen LogP contribution in [-0.2, 0) is 5.41 Å². The molecule has 0 spiro atoms. The summed E-state index contributed by atoms with van der Waals surface area (Å²) in [6, 6.07) is 42.3. The summed E-state index contributed by atoms with van der Waals surface area (Å²) >= 11 is 1.88. The van der Waals surface area contributed by atoms with E-state index in [1.807, 2.05) is 11.3 Å². The molecule has 0 fully saturated rings. The molecule has 0 radical (unpaired) electrons. The van der Waals surface area contributed by atoms with Crippen LogP contribution in [0.5, 0.6) is 0 Å². The fraction of sp³-hybridized carbons (Fsp3) is 0.118. The molecule has 0 unspecified atom stereocenters. The monoisotopic (exact) mass is 468 g/mol. The first-order valence-electron chi connectivity index (χ1n) is 12.2. The Hall–Kier alpha value is -3.68. The predicted molar refractivity (Wildman–Crippen MR) is 154 cm³/mol. The average Bonchev–Trinajstić information content (AvgIpc) is 3.27. The minimum Gasteiger partial charge on any atom is -0.135 e. The molecule has 0 aliphatic carbocycles. The lowest BCUT2D eigenvalue weighted by atomic mass is 9.83. The molecule has 0 aliphatic heterocycles. The Morgan fingerprint density at radius 2 is 1.09 bits per heavy atom. The van der Waals surface area contributed by atoms with Gasteiger partial charge in [-0.25, -0.2) is 0 Å². The molecule has 0 nitrogen and oxygen atoms in total. The van der Waals surface area contributed by atoms with Crippen molar-refractivity contribution < 1.29 is 0 Å². The third-order valence-electron chi connectivity index (χ3n) is 6.82. The summed E-state index contributed by atoms with van der Waals surface area (Å²) in [6.07, 6.45) is 0. The highest BCUT2D eigenvalue weighted by Gasteiger charge is 2.17. The van der Waals surface area contributed by atoms with Gasteiger partial charge in [0, 0.05) is 20.2 Å². The summed E-state index contributed by atoms with van der Waals surface area (Å²) in [5.74, 6) is 0. The molecule has 170 valence electrons. The normalized spacial score (nSPS) is 11.9. The fourth-order valence-electron chi connectivity index (χ4n) is 4.91. The molecule has 0 bridgehead atoms. The van der Waals surface area contributed by atoms with Crippen molar-refractivity contribution in [3.8, 4) is 33.4 Å². The Bertz CT molecular complexity index is 1660. The summed E-state index contributed by atoms with van der Waals surface area (Å²) in [7, 11) is 0. The lowest BCUT2D eigenvalue weighted by Gasteiger charge is -2.22. The van der Waals surface area contributed by atoms with Gasteiger partial charge < -0.3 is 0 Å². The molecular weight excluding hydrogens is 440 g/mol. The average molecular weight is 469 g/mol. The zero-order chi connectivity index (χ0) is 24.0. The van der Waals surface area contributed by atoms with Crippen LogP contribution >= 0.6 is 11.3 Å². The molecule has 0 amide bonds. The molecule has 0 N–H and O–H groups in total. The van der Waals surface area contributed by atoms with Crippen LogP contribution in [0.3, 0.4) is 0 Å². The minimum atomic E-state index is 0.0678. The Kier molecular flexibility index (Phi) is 5.31. The summed E-state index contributed by atoms with van der Waals surface area (Å²) in [5.41, 5.74) is 9.03. The summed E-state index contributed by atoms with van der Waals surface area (Å²) in [5, 5.41) is 2.70. The zero-order valence-corrected chi connectivity index (χ0v) is 21.2. The summed E-state index contributed by atoms with van der Waals surface area (Å²) < 4.78 is 2.69. The van der Waals surface area contributed by atoms with Crippen LogP contribution in [0.4, 0.5) is 0 Å². The second-order valence-corrected chi connectivity index (χ2v) is 11.4. The highest BCUT2D eigenvalue weighted by molar-refractivity contribution is 7.25. The Labute approximate surface area is 211 Å². The molecule has 0 saturated heterocycles. The van der Waals surface area contributed by atoms with E-state index >= 15 is 0 Å². The van der Waals surface area contributed by atoms with Gasteiger partial charge in [0.05, 0.1) is 0 Å². The lowest BCUT2D eigenvalue weighted by molar-refractivity contribution is 0.590. The molecule has 0 saturated carbocycles. The van der Waals surface area contributed by atoms with Crippen LogP contribution in [0.15, 0.2) is 115 Å². The van der Waals surface area contributed by atoms with Gasteiger partial charge in [0.1, 0.15) is 0 Å². The van der Waals surface area contributed by atoms with E-state index in [4.69, 9.17) is 0 Å². The van der Waals surface area contributed by atoms with Crippen LogP contribution < -0.4 is 0 Å². The van der Waals surface area contributed by atoms with E-state index in [-0.39, 0.29) is 5.41 Å². The second kappa shape index (κ2) is 8.52. The maximum Gasteiger partial charge on any atom is 0.0361 e. The number of rotatable bonds is 3. The van der Waals surface area contributed by atoms with Gasteiger partial charge >= 0.3 is 0 Å². The highest BCUT2D eigenvalue weighted by atomic mass is 32.1. The zero-order valence-electron chi connectivity index (χ0n) is 20.4. The van der Waals surface area contributed by atoms with Crippen LogP contribution in [0, 0.1) is 0 Å². The van der Waals surface area contributed by atoms with Crippen LogP contribution in [0.1, 0.15) is 26.3 Å². The van der Waals surface area contributed by atoms with Gasteiger partial charge in [-0.2, -0.15) is 0 Å². The quantitative estimate of drug-likeness (QED) is 0.242. The second-order valence-electron chi connectivity index (χ2n) is 10.3. The van der Waals surface area contributed by atoms with E-state index in [2.05, 4.69) is 136 Å². The SMILES string of the molecule is CC(C)(C)c1cc(-c2ccccc2)cc(-c2cccc(-c3cccc4sc5ccccc5c34)c2)c1. The first kappa shape index (κ1) is 21.8. The molecule has 6 rings (SSSR count). The van der Waals surface area contributed by atoms with Crippen molar-refractivity contribution >= 4 is 31.5 Å². The van der Waals surface area contributed by atoms with E-state index in [0.29, 0.717) is 0 Å². The molecule has 0 aliphatic rings. The smallest absolute Gasteiger partial charge is 0.0361 e. The molecule has 35 heavy (non-hydrogen) atoms. The topological polar surface area (TPSA) is 0 Å². The number of fused-ring (bicyclic) bond motifs is 3. The largest absolute Gasteiger partial charge is 0.135 e. The molecule has 0 atom stereocenters. The summed E-state index contributed by atoms with van der Waals surface area (Å²) in [4.78, 5) is 0. The standard InChI is InChI=1S/C34H28S/c1-34(2,3)28-21-26(23-11-5-4-6-12-23)20-27(22-28)24-13-9-14-25(19-24)29-16-10-18-32-33(29)30-15-7-8-17-31(30)35-32/h4-22H,1-3H3. The maximum absolute atomic E-state index is 2.37. The number of hydrogen-bond donors (Lipinski definition) is 0. The Morgan fingerprint density at radius 3 is 1.89 bits per heavy atom. The van der Waals surface area contributed by atoms with Crippen molar-refractivity contribution in [2.75, 3.05) is 0 Å². The van der Waals surface area contributed by atoms with E-state index in [9.17, 15) is 0 Å². The number of benzene rings is 5. The van der Waals surface area contributed by atoms with Gasteiger partial charge in [0.2, 0.25) is 0 Å². The molecular formula is C34H28S. The molecule has 6 aromatic rings. The van der Waals surface area contributed by atoms with Gasteiger partial charge in [0.15, 0.2) is 0 Å². The van der Waals surface area contributed by atoms with Gasteiger partial charge in [-0.1, -0.05) is 112 Å². The Morgan fingerprint density at radius 1 is 0.486 bits per heavy atom. The summed E-state index contributed by atoms with van der Waals surface area (Å²) in [6.45, 7) is 6.87. The van der Waals surface area contributed by atoms with Gasteiger partial charge in [0.25, 0.3) is 0 Å². The van der Waals surface area contributed by atoms with Gasteiger partial charge in [-0.3, -0.25) is 0 Å². The van der Waals surface area contributed by atoms with Crippen LogP contribution in [-0.4, -0.2) is 0 Å². The first-order valence-corrected chi connectivity index (χ1v) is 13.0. The molecule has 1 heterocycles. The molecule has 1 heteroatoms. The van der Waals surface area contributed by atoms with Crippen LogP contribution in [0.25, 0.3) is 53.6 Å². The predicted octanol–water partition coefficient (Wildman–Crippen LogP) is 10.4. The van der Waals surface area contributed by atoms with Crippen molar-refractivity contribution in [1.82, 2.24) is 0 Å². The highest BCUT2D eigenvalue weighted by Crippen LogP contribution is 2.41. The van der Waals surface area contributed by atoms with Crippen molar-refractivity contribution in [2.45, 2.75) is 26.2 Å². The van der Waals surface area contributed by atoms with E-state index in [1.165, 1.54) is 59.1 Å². The van der Waals surface area contributed by atoms with E-state index in [1.54, 1.807) is 0 Å². The maximum atomic E-state index is 2.37. The van der Waals surface area contributed by atoms with Gasteiger partial charge in [-0.15, -0.1) is 11.3 Å². The lowest BCUT2D eigenvalue weighted by Crippen LogP contribution is -2.11. The van der Waals surface area contributed by atoms with Crippen molar-refractivity contribution in [1.29, 1.82) is 0 Å². The fourth-order valence-corrected chi connectivity index (χ4v) is 6.04.